The first-order valence-electron chi connectivity index (χ1n) is 5.34. The molecule has 0 aromatic heterocycles. The van der Waals surface area contributed by atoms with E-state index < -0.39 is 14.0 Å². The van der Waals surface area contributed by atoms with Crippen molar-refractivity contribution in [3.8, 4) is 35.6 Å². The molecule has 0 heterocycles. The van der Waals surface area contributed by atoms with E-state index in [0.717, 1.165) is 0 Å². The Morgan fingerprint density at radius 2 is 1.88 bits per heavy atom. The summed E-state index contributed by atoms with van der Waals surface area (Å²) in [6, 6.07) is 0. The third-order valence-electron chi connectivity index (χ3n) is 2.79. The molecule has 3 heteroatoms. The first-order valence-corrected chi connectivity index (χ1v) is 8.34. The quantitative estimate of drug-likeness (QED) is 0.307. The van der Waals surface area contributed by atoms with Gasteiger partial charge < -0.3 is 4.74 Å². The summed E-state index contributed by atoms with van der Waals surface area (Å²) in [6.07, 6.45) is 4.82. The summed E-state index contributed by atoms with van der Waals surface area (Å²) < 4.78 is 4.59. The van der Waals surface area contributed by atoms with E-state index in [4.69, 9.17) is 6.42 Å². The summed E-state index contributed by atoms with van der Waals surface area (Å²) in [4.78, 5) is 10.6. The van der Waals surface area contributed by atoms with Crippen molar-refractivity contribution in [2.75, 3.05) is 6.61 Å². The van der Waals surface area contributed by atoms with E-state index in [1.165, 1.54) is 0 Å². The Labute approximate surface area is 105 Å². The largest absolute Gasteiger partial charge is 0.443 e. The summed E-state index contributed by atoms with van der Waals surface area (Å²) in [5.41, 5.74) is 3.24. The lowest BCUT2D eigenvalue weighted by atomic mass is 10.2. The predicted octanol–water partition coefficient (Wildman–Crippen LogP) is 2.22. The molecule has 0 aliphatic rings. The van der Waals surface area contributed by atoms with Gasteiger partial charge in [0.2, 0.25) is 0 Å². The van der Waals surface area contributed by atoms with E-state index in [1.54, 1.807) is 0 Å². The second-order valence-corrected chi connectivity index (χ2v) is 10.1. The first kappa shape index (κ1) is 15.4. The lowest BCUT2D eigenvalue weighted by Gasteiger charge is -2.31. The van der Waals surface area contributed by atoms with Crippen molar-refractivity contribution in [3.63, 3.8) is 0 Å². The molecule has 0 aromatic carbocycles. The maximum absolute atomic E-state index is 10.6. The fourth-order valence-corrected chi connectivity index (χ4v) is 1.35. The number of carbonyl (C=O) groups excluding carboxylic acids is 1. The van der Waals surface area contributed by atoms with Crippen LogP contribution < -0.4 is 0 Å². The van der Waals surface area contributed by atoms with Crippen LogP contribution in [-0.4, -0.2) is 20.7 Å². The monoisotopic (exact) mass is 246 g/mol. The standard InChI is InChI=1S/C14H18O2Si/c1-7-13(15)16-11-9-8-10-12-17(5,6)14(2,3)4/h1H,11H2,2-6H3. The molecule has 0 fully saturated rings. The minimum Gasteiger partial charge on any atom is -0.443 e. The van der Waals surface area contributed by atoms with Crippen LogP contribution in [0.3, 0.4) is 0 Å². The maximum atomic E-state index is 10.6. The number of hydrogen-bond acceptors (Lipinski definition) is 2. The number of terminal acetylenes is 1. The van der Waals surface area contributed by atoms with Gasteiger partial charge in [-0.1, -0.05) is 33.9 Å². The second-order valence-electron chi connectivity index (χ2n) is 5.15. The van der Waals surface area contributed by atoms with Crippen LogP contribution in [0.5, 0.6) is 0 Å². The average molecular weight is 246 g/mol. The van der Waals surface area contributed by atoms with Gasteiger partial charge in [-0.05, 0) is 22.8 Å². The molecule has 0 radical (unpaired) electrons. The summed E-state index contributed by atoms with van der Waals surface area (Å²) in [5.74, 6) is 9.28. The maximum Gasteiger partial charge on any atom is 0.385 e. The van der Waals surface area contributed by atoms with Gasteiger partial charge in [0.05, 0.1) is 0 Å². The molecular weight excluding hydrogens is 228 g/mol. The van der Waals surface area contributed by atoms with Gasteiger partial charge in [0.1, 0.15) is 8.07 Å². The Morgan fingerprint density at radius 3 is 2.35 bits per heavy atom. The zero-order valence-electron chi connectivity index (χ0n) is 11.1. The molecular formula is C14H18O2Si. The molecule has 0 aliphatic heterocycles. The molecule has 0 unspecified atom stereocenters. The molecule has 0 spiro atoms. The van der Waals surface area contributed by atoms with E-state index in [2.05, 4.69) is 61.9 Å². The van der Waals surface area contributed by atoms with Crippen molar-refractivity contribution in [3.05, 3.63) is 0 Å². The van der Waals surface area contributed by atoms with Crippen LogP contribution >= 0.6 is 0 Å². The highest BCUT2D eigenvalue weighted by molar-refractivity contribution is 6.87. The number of rotatable bonds is 1. The van der Waals surface area contributed by atoms with Crippen molar-refractivity contribution in [2.24, 2.45) is 0 Å². The number of carbonyl (C=O) groups is 1. The lowest BCUT2D eigenvalue weighted by molar-refractivity contribution is -0.135. The van der Waals surface area contributed by atoms with Crippen molar-refractivity contribution in [1.29, 1.82) is 0 Å². The predicted molar refractivity (Wildman–Crippen MR) is 72.5 cm³/mol. The minimum atomic E-state index is -1.60. The Bertz CT molecular complexity index is 439. The van der Waals surface area contributed by atoms with E-state index >= 15 is 0 Å². The summed E-state index contributed by atoms with van der Waals surface area (Å²) in [5, 5.41) is 0.220. The van der Waals surface area contributed by atoms with E-state index in [9.17, 15) is 4.79 Å². The molecule has 0 N–H and O–H groups in total. The molecule has 2 nitrogen and oxygen atoms in total. The van der Waals surface area contributed by atoms with Gasteiger partial charge in [0, 0.05) is 5.92 Å². The van der Waals surface area contributed by atoms with Crippen LogP contribution in [0.25, 0.3) is 0 Å². The number of hydrogen-bond donors (Lipinski definition) is 0. The highest BCUT2D eigenvalue weighted by Gasteiger charge is 2.33. The zero-order chi connectivity index (χ0) is 13.5. The van der Waals surface area contributed by atoms with Gasteiger partial charge in [-0.3, -0.25) is 0 Å². The first-order chi connectivity index (χ1) is 7.70. The van der Waals surface area contributed by atoms with Crippen LogP contribution in [0.2, 0.25) is 18.1 Å². The van der Waals surface area contributed by atoms with Gasteiger partial charge in [0.25, 0.3) is 0 Å². The topological polar surface area (TPSA) is 26.3 Å². The average Bonchev–Trinajstić information content (AvgIpc) is 2.21. The van der Waals surface area contributed by atoms with Gasteiger partial charge in [-0.15, -0.1) is 12.0 Å². The normalized spacial score (nSPS) is 10.1. The fourth-order valence-electron chi connectivity index (χ4n) is 0.599. The third kappa shape index (κ3) is 5.86. The smallest absolute Gasteiger partial charge is 0.385 e. The van der Waals surface area contributed by atoms with Crippen molar-refractivity contribution in [1.82, 2.24) is 0 Å². The Kier molecular flexibility index (Phi) is 5.59. The van der Waals surface area contributed by atoms with Gasteiger partial charge in [0.15, 0.2) is 6.61 Å². The van der Waals surface area contributed by atoms with E-state index in [1.807, 2.05) is 5.92 Å². The highest BCUT2D eigenvalue weighted by atomic mass is 28.3. The van der Waals surface area contributed by atoms with Crippen LogP contribution in [0.4, 0.5) is 0 Å². The zero-order valence-corrected chi connectivity index (χ0v) is 12.1. The van der Waals surface area contributed by atoms with Crippen molar-refractivity contribution >= 4 is 14.0 Å². The van der Waals surface area contributed by atoms with Crippen LogP contribution in [-0.2, 0) is 9.53 Å². The Hall–Kier alpha value is -1.63. The van der Waals surface area contributed by atoms with Gasteiger partial charge in [-0.2, -0.15) is 0 Å². The number of esters is 1. The van der Waals surface area contributed by atoms with Crippen molar-refractivity contribution in [2.45, 2.75) is 38.9 Å². The third-order valence-corrected chi connectivity index (χ3v) is 7.29. The molecule has 90 valence electrons. The van der Waals surface area contributed by atoms with Gasteiger partial charge >= 0.3 is 5.97 Å². The molecule has 0 aliphatic carbocycles. The molecule has 17 heavy (non-hydrogen) atoms. The summed E-state index contributed by atoms with van der Waals surface area (Å²) in [7, 11) is -1.60. The molecule has 0 saturated carbocycles. The molecule has 0 bridgehead atoms. The lowest BCUT2D eigenvalue weighted by Crippen LogP contribution is -2.35. The Balaban J connectivity index is 4.37. The minimum absolute atomic E-state index is 0.00475. The second kappa shape index (κ2) is 6.19. The molecule has 0 rings (SSSR count). The van der Waals surface area contributed by atoms with Gasteiger partial charge in [-0.25, -0.2) is 4.79 Å². The Morgan fingerprint density at radius 1 is 1.29 bits per heavy atom. The molecule has 0 saturated heterocycles. The number of ether oxygens (including phenoxy) is 1. The van der Waals surface area contributed by atoms with E-state index in [-0.39, 0.29) is 11.6 Å². The summed E-state index contributed by atoms with van der Waals surface area (Å²) >= 11 is 0. The van der Waals surface area contributed by atoms with Crippen LogP contribution in [0.1, 0.15) is 20.8 Å². The van der Waals surface area contributed by atoms with Crippen molar-refractivity contribution < 1.29 is 9.53 Å². The highest BCUT2D eigenvalue weighted by Crippen LogP contribution is 2.34. The van der Waals surface area contributed by atoms with Crippen LogP contribution in [0, 0.1) is 35.6 Å². The fraction of sp³-hybridized carbons (Fsp3) is 0.500. The SMILES string of the molecule is C#CC(=O)OCC#CC#C[Si](C)(C)C(C)(C)C. The molecule has 0 aromatic rings. The molecule has 0 atom stereocenters. The summed E-state index contributed by atoms with van der Waals surface area (Å²) in [6.45, 7) is 11.0. The van der Waals surface area contributed by atoms with E-state index in [0.29, 0.717) is 0 Å². The van der Waals surface area contributed by atoms with Crippen LogP contribution in [0.15, 0.2) is 0 Å². The molecule has 0 amide bonds.